The Bertz CT molecular complexity index is 1030. The molecule has 142 valence electrons. The Hall–Kier alpha value is -3.11. The fourth-order valence-electron chi connectivity index (χ4n) is 2.65. The standard InChI is InChI=1S/C23H20ClNO3/c1-15-10-11-17(12-16(15)2)22(26)14-28-19-7-5-6-18(13-19)25-23(27)20-8-3-4-9-21(20)24/h3-13H,14H2,1-2H3,(H,25,27). The highest BCUT2D eigenvalue weighted by Crippen LogP contribution is 2.21. The molecule has 0 saturated heterocycles. The fraction of sp³-hybridized carbons (Fsp3) is 0.130. The number of ether oxygens (including phenoxy) is 1. The van der Waals surface area contributed by atoms with Gasteiger partial charge in [-0.2, -0.15) is 0 Å². The Morgan fingerprint density at radius 1 is 0.929 bits per heavy atom. The van der Waals surface area contributed by atoms with Crippen molar-refractivity contribution in [3.63, 3.8) is 0 Å². The van der Waals surface area contributed by atoms with Crippen molar-refractivity contribution < 1.29 is 14.3 Å². The van der Waals surface area contributed by atoms with E-state index in [9.17, 15) is 9.59 Å². The van der Waals surface area contributed by atoms with E-state index in [0.29, 0.717) is 27.6 Å². The number of halogens is 1. The molecular weight excluding hydrogens is 374 g/mol. The van der Waals surface area contributed by atoms with Crippen LogP contribution >= 0.6 is 11.6 Å². The van der Waals surface area contributed by atoms with Gasteiger partial charge in [0.1, 0.15) is 5.75 Å². The van der Waals surface area contributed by atoms with E-state index in [1.54, 1.807) is 54.6 Å². The summed E-state index contributed by atoms with van der Waals surface area (Å²) in [5, 5.41) is 3.17. The van der Waals surface area contributed by atoms with Gasteiger partial charge in [0, 0.05) is 17.3 Å². The Balaban J connectivity index is 1.65. The zero-order valence-corrected chi connectivity index (χ0v) is 16.4. The van der Waals surface area contributed by atoms with Crippen molar-refractivity contribution in [2.75, 3.05) is 11.9 Å². The van der Waals surface area contributed by atoms with Crippen LogP contribution in [0, 0.1) is 13.8 Å². The summed E-state index contributed by atoms with van der Waals surface area (Å²) in [5.74, 6) is 0.0803. The first-order valence-corrected chi connectivity index (χ1v) is 9.21. The van der Waals surface area contributed by atoms with Crippen LogP contribution < -0.4 is 10.1 Å². The lowest BCUT2D eigenvalue weighted by Gasteiger charge is -2.10. The number of ketones is 1. The first-order chi connectivity index (χ1) is 13.4. The number of nitrogens with one attached hydrogen (secondary N) is 1. The van der Waals surface area contributed by atoms with Crippen LogP contribution in [-0.2, 0) is 0 Å². The summed E-state index contributed by atoms with van der Waals surface area (Å²) in [4.78, 5) is 24.7. The number of carbonyl (C=O) groups is 2. The van der Waals surface area contributed by atoms with E-state index >= 15 is 0 Å². The monoisotopic (exact) mass is 393 g/mol. The highest BCUT2D eigenvalue weighted by atomic mass is 35.5. The van der Waals surface area contributed by atoms with E-state index in [1.165, 1.54) is 0 Å². The van der Waals surface area contributed by atoms with Gasteiger partial charge < -0.3 is 10.1 Å². The van der Waals surface area contributed by atoms with E-state index in [0.717, 1.165) is 11.1 Å². The SMILES string of the molecule is Cc1ccc(C(=O)COc2cccc(NC(=O)c3ccccc3Cl)c2)cc1C. The van der Waals surface area contributed by atoms with Crippen LogP contribution in [0.5, 0.6) is 5.75 Å². The van der Waals surface area contributed by atoms with E-state index in [1.807, 2.05) is 26.0 Å². The molecule has 0 aliphatic rings. The predicted molar refractivity (Wildman–Crippen MR) is 112 cm³/mol. The molecule has 0 spiro atoms. The van der Waals surface area contributed by atoms with Gasteiger partial charge >= 0.3 is 0 Å². The van der Waals surface area contributed by atoms with Gasteiger partial charge in [0.15, 0.2) is 12.4 Å². The van der Waals surface area contributed by atoms with Gasteiger partial charge in [-0.1, -0.05) is 41.9 Å². The third-order valence-electron chi connectivity index (χ3n) is 4.41. The third kappa shape index (κ3) is 4.78. The molecule has 4 nitrogen and oxygen atoms in total. The number of aryl methyl sites for hydroxylation is 2. The molecule has 28 heavy (non-hydrogen) atoms. The van der Waals surface area contributed by atoms with E-state index in [4.69, 9.17) is 16.3 Å². The number of Topliss-reactive ketones (excluding diaryl/α,β-unsaturated/α-hetero) is 1. The molecule has 0 unspecified atom stereocenters. The minimum Gasteiger partial charge on any atom is -0.485 e. The molecular formula is C23H20ClNO3. The Kier molecular flexibility index (Phi) is 6.12. The van der Waals surface area contributed by atoms with Gasteiger partial charge in [0.25, 0.3) is 5.91 Å². The second-order valence-electron chi connectivity index (χ2n) is 6.47. The van der Waals surface area contributed by atoms with Crippen LogP contribution in [0.15, 0.2) is 66.7 Å². The maximum Gasteiger partial charge on any atom is 0.257 e. The van der Waals surface area contributed by atoms with Gasteiger partial charge in [0.05, 0.1) is 10.6 Å². The van der Waals surface area contributed by atoms with Crippen molar-refractivity contribution in [2.24, 2.45) is 0 Å². The molecule has 0 radical (unpaired) electrons. The smallest absolute Gasteiger partial charge is 0.257 e. The van der Waals surface area contributed by atoms with Crippen LogP contribution in [0.4, 0.5) is 5.69 Å². The fourth-order valence-corrected chi connectivity index (χ4v) is 2.88. The first kappa shape index (κ1) is 19.6. The van der Waals surface area contributed by atoms with E-state index in [2.05, 4.69) is 5.32 Å². The summed E-state index contributed by atoms with van der Waals surface area (Å²) in [7, 11) is 0. The van der Waals surface area contributed by atoms with Crippen LogP contribution in [0.3, 0.4) is 0 Å². The van der Waals surface area contributed by atoms with Crippen LogP contribution in [-0.4, -0.2) is 18.3 Å². The maximum absolute atomic E-state index is 12.4. The van der Waals surface area contributed by atoms with E-state index in [-0.39, 0.29) is 18.3 Å². The molecule has 3 aromatic rings. The van der Waals surface area contributed by atoms with Gasteiger partial charge in [-0.3, -0.25) is 9.59 Å². The third-order valence-corrected chi connectivity index (χ3v) is 4.74. The predicted octanol–water partition coefficient (Wildman–Crippen LogP) is 5.47. The molecule has 1 N–H and O–H groups in total. The molecule has 0 fully saturated rings. The molecule has 0 bridgehead atoms. The maximum atomic E-state index is 12.4. The van der Waals surface area contributed by atoms with Gasteiger partial charge in [0.2, 0.25) is 0 Å². The second-order valence-corrected chi connectivity index (χ2v) is 6.88. The Morgan fingerprint density at radius 2 is 1.71 bits per heavy atom. The quantitative estimate of drug-likeness (QED) is 0.565. The second kappa shape index (κ2) is 8.72. The molecule has 0 atom stereocenters. The molecule has 0 aliphatic heterocycles. The molecule has 0 aliphatic carbocycles. The summed E-state index contributed by atoms with van der Waals surface area (Å²) in [6.07, 6.45) is 0. The van der Waals surface area contributed by atoms with Crippen molar-refractivity contribution in [3.8, 4) is 5.75 Å². The number of carbonyl (C=O) groups excluding carboxylic acids is 2. The zero-order valence-electron chi connectivity index (χ0n) is 15.7. The van der Waals surface area contributed by atoms with Crippen molar-refractivity contribution >= 4 is 29.0 Å². The summed E-state index contributed by atoms with van der Waals surface area (Å²) >= 11 is 6.06. The van der Waals surface area contributed by atoms with Gasteiger partial charge in [-0.15, -0.1) is 0 Å². The van der Waals surface area contributed by atoms with Crippen LogP contribution in [0.2, 0.25) is 5.02 Å². The molecule has 3 rings (SSSR count). The molecule has 1 amide bonds. The number of hydrogen-bond acceptors (Lipinski definition) is 3. The Labute approximate surface area is 169 Å². The number of anilines is 1. The normalized spacial score (nSPS) is 10.4. The zero-order chi connectivity index (χ0) is 20.1. The van der Waals surface area contributed by atoms with Gasteiger partial charge in [-0.25, -0.2) is 0 Å². The average molecular weight is 394 g/mol. The Morgan fingerprint density at radius 3 is 2.46 bits per heavy atom. The highest BCUT2D eigenvalue weighted by molar-refractivity contribution is 6.34. The number of rotatable bonds is 6. The minimum absolute atomic E-state index is 0.0790. The minimum atomic E-state index is -0.311. The summed E-state index contributed by atoms with van der Waals surface area (Å²) in [5.41, 5.74) is 3.77. The molecule has 5 heteroatoms. The lowest BCUT2D eigenvalue weighted by atomic mass is 10.0. The number of hydrogen-bond donors (Lipinski definition) is 1. The summed E-state index contributed by atoms with van der Waals surface area (Å²) in [6.45, 7) is 3.89. The average Bonchev–Trinajstić information content (AvgIpc) is 2.69. The summed E-state index contributed by atoms with van der Waals surface area (Å²) in [6, 6.07) is 19.3. The molecule has 0 heterocycles. The van der Waals surface area contributed by atoms with Crippen molar-refractivity contribution in [2.45, 2.75) is 13.8 Å². The van der Waals surface area contributed by atoms with Crippen molar-refractivity contribution in [3.05, 3.63) is 94.0 Å². The highest BCUT2D eigenvalue weighted by Gasteiger charge is 2.11. The molecule has 0 aromatic heterocycles. The van der Waals surface area contributed by atoms with Crippen LogP contribution in [0.25, 0.3) is 0 Å². The summed E-state index contributed by atoms with van der Waals surface area (Å²) < 4.78 is 5.62. The first-order valence-electron chi connectivity index (χ1n) is 8.83. The lowest BCUT2D eigenvalue weighted by Crippen LogP contribution is -2.13. The largest absolute Gasteiger partial charge is 0.485 e. The topological polar surface area (TPSA) is 55.4 Å². The van der Waals surface area contributed by atoms with Gasteiger partial charge in [-0.05, 0) is 55.3 Å². The lowest BCUT2D eigenvalue weighted by molar-refractivity contribution is 0.0920. The van der Waals surface area contributed by atoms with E-state index < -0.39 is 0 Å². The number of benzene rings is 3. The molecule has 0 saturated carbocycles. The van der Waals surface area contributed by atoms with Crippen LogP contribution in [0.1, 0.15) is 31.8 Å². The van der Waals surface area contributed by atoms with Crippen molar-refractivity contribution in [1.29, 1.82) is 0 Å². The van der Waals surface area contributed by atoms with Crippen molar-refractivity contribution in [1.82, 2.24) is 0 Å². The number of amides is 1. The molecule has 3 aromatic carbocycles.